The fourth-order valence-electron chi connectivity index (χ4n) is 3.26. The zero-order valence-corrected chi connectivity index (χ0v) is 17.4. The van der Waals surface area contributed by atoms with Crippen LogP contribution in [0.2, 0.25) is 5.02 Å². The van der Waals surface area contributed by atoms with E-state index in [4.69, 9.17) is 16.3 Å². The summed E-state index contributed by atoms with van der Waals surface area (Å²) in [5.74, 6) is -1.77. The summed E-state index contributed by atoms with van der Waals surface area (Å²) >= 11 is 6.14. The monoisotopic (exact) mass is 414 g/mol. The summed E-state index contributed by atoms with van der Waals surface area (Å²) < 4.78 is 5.14. The van der Waals surface area contributed by atoms with Gasteiger partial charge in [-0.25, -0.2) is 0 Å². The van der Waals surface area contributed by atoms with Gasteiger partial charge in [-0.15, -0.1) is 0 Å². The molecule has 29 heavy (non-hydrogen) atoms. The van der Waals surface area contributed by atoms with Crippen LogP contribution in [0, 0.1) is 26.7 Å². The van der Waals surface area contributed by atoms with Gasteiger partial charge in [-0.1, -0.05) is 35.4 Å². The van der Waals surface area contributed by atoms with Crippen molar-refractivity contribution in [1.29, 1.82) is 0 Å². The maximum atomic E-state index is 12.4. The summed E-state index contributed by atoms with van der Waals surface area (Å²) in [5.41, 5.74) is 4.26. The van der Waals surface area contributed by atoms with E-state index in [1.165, 1.54) is 4.90 Å². The molecule has 1 N–H and O–H groups in total. The lowest BCUT2D eigenvalue weighted by Crippen LogP contribution is -2.28. The van der Waals surface area contributed by atoms with Gasteiger partial charge < -0.3 is 15.0 Å². The predicted molar refractivity (Wildman–Crippen MR) is 112 cm³/mol. The van der Waals surface area contributed by atoms with E-state index in [0.29, 0.717) is 16.4 Å². The normalized spacial score (nSPS) is 16.1. The fraction of sp³-hybridized carbons (Fsp3) is 0.318. The number of amides is 2. The zero-order valence-electron chi connectivity index (χ0n) is 16.6. The molecule has 2 aromatic rings. The van der Waals surface area contributed by atoms with Crippen LogP contribution in [0.4, 0.5) is 11.4 Å². The van der Waals surface area contributed by atoms with Gasteiger partial charge in [0.2, 0.25) is 5.91 Å². The van der Waals surface area contributed by atoms with Gasteiger partial charge >= 0.3 is 5.97 Å². The molecule has 2 amide bonds. The first-order valence-corrected chi connectivity index (χ1v) is 9.72. The average molecular weight is 415 g/mol. The Hall–Kier alpha value is -2.86. The Balaban J connectivity index is 1.55. The number of carbonyl (C=O) groups excluding carboxylic acids is 3. The number of nitrogens with one attached hydrogen (secondary N) is 1. The van der Waals surface area contributed by atoms with Gasteiger partial charge in [-0.05, 0) is 50.1 Å². The van der Waals surface area contributed by atoms with Crippen molar-refractivity contribution < 1.29 is 19.1 Å². The number of esters is 1. The van der Waals surface area contributed by atoms with Crippen LogP contribution in [0.15, 0.2) is 36.4 Å². The molecule has 0 aromatic heterocycles. The number of rotatable bonds is 5. The number of aryl methyl sites for hydroxylation is 3. The Morgan fingerprint density at radius 1 is 1.14 bits per heavy atom. The highest BCUT2D eigenvalue weighted by Crippen LogP contribution is 2.29. The summed E-state index contributed by atoms with van der Waals surface area (Å²) in [6.45, 7) is 5.55. The highest BCUT2D eigenvalue weighted by Gasteiger charge is 2.36. The third-order valence-corrected chi connectivity index (χ3v) is 5.33. The van der Waals surface area contributed by atoms with Gasteiger partial charge in [0, 0.05) is 29.4 Å². The standard InChI is InChI=1S/C22H23ClN2O4/c1-13-4-7-19(15(3)8-13)24-20(26)12-29-22(28)16-9-21(27)25(11-16)17-6-5-14(2)18(23)10-17/h4-8,10,16H,9,11-12H2,1-3H3,(H,24,26)/t16-/m0/s1. The minimum atomic E-state index is -0.614. The first kappa shape index (κ1) is 20.9. The van der Waals surface area contributed by atoms with Crippen molar-refractivity contribution in [1.82, 2.24) is 0 Å². The molecule has 0 saturated carbocycles. The van der Waals surface area contributed by atoms with Crippen LogP contribution >= 0.6 is 11.6 Å². The van der Waals surface area contributed by atoms with Crippen molar-refractivity contribution in [2.75, 3.05) is 23.4 Å². The molecule has 2 aromatic carbocycles. The van der Waals surface area contributed by atoms with Crippen molar-refractivity contribution in [2.24, 2.45) is 5.92 Å². The molecule has 152 valence electrons. The van der Waals surface area contributed by atoms with E-state index in [0.717, 1.165) is 16.7 Å². The third-order valence-electron chi connectivity index (χ3n) is 4.93. The molecular weight excluding hydrogens is 392 g/mol. The Morgan fingerprint density at radius 3 is 2.59 bits per heavy atom. The average Bonchev–Trinajstić information content (AvgIpc) is 3.06. The van der Waals surface area contributed by atoms with Gasteiger partial charge in [-0.2, -0.15) is 0 Å². The molecule has 1 saturated heterocycles. The Morgan fingerprint density at radius 2 is 1.90 bits per heavy atom. The minimum Gasteiger partial charge on any atom is -0.455 e. The van der Waals surface area contributed by atoms with Crippen LogP contribution in [-0.2, 0) is 19.1 Å². The van der Waals surface area contributed by atoms with Crippen LogP contribution in [0.3, 0.4) is 0 Å². The Labute approximate surface area is 174 Å². The fourth-order valence-corrected chi connectivity index (χ4v) is 3.43. The first-order chi connectivity index (χ1) is 13.7. The molecule has 0 aliphatic carbocycles. The summed E-state index contributed by atoms with van der Waals surface area (Å²) in [5, 5.41) is 3.29. The van der Waals surface area contributed by atoms with Gasteiger partial charge in [-0.3, -0.25) is 14.4 Å². The van der Waals surface area contributed by atoms with E-state index in [-0.39, 0.29) is 18.9 Å². The molecule has 0 radical (unpaired) electrons. The number of halogens is 1. The van der Waals surface area contributed by atoms with E-state index in [9.17, 15) is 14.4 Å². The highest BCUT2D eigenvalue weighted by molar-refractivity contribution is 6.31. The number of hydrogen-bond acceptors (Lipinski definition) is 4. The smallest absolute Gasteiger partial charge is 0.311 e. The lowest BCUT2D eigenvalue weighted by Gasteiger charge is -2.17. The third kappa shape index (κ3) is 4.95. The van der Waals surface area contributed by atoms with Crippen LogP contribution in [-0.4, -0.2) is 30.9 Å². The Bertz CT molecular complexity index is 973. The second kappa shape index (κ2) is 8.66. The van der Waals surface area contributed by atoms with E-state index in [2.05, 4.69) is 5.32 Å². The van der Waals surface area contributed by atoms with E-state index < -0.39 is 24.4 Å². The molecule has 1 aliphatic heterocycles. The molecule has 6 nitrogen and oxygen atoms in total. The minimum absolute atomic E-state index is 0.0447. The predicted octanol–water partition coefficient (Wildman–Crippen LogP) is 3.80. The highest BCUT2D eigenvalue weighted by atomic mass is 35.5. The number of benzene rings is 2. The molecule has 3 rings (SSSR count). The quantitative estimate of drug-likeness (QED) is 0.755. The summed E-state index contributed by atoms with van der Waals surface area (Å²) in [7, 11) is 0. The Kier molecular flexibility index (Phi) is 6.23. The molecule has 7 heteroatoms. The van der Waals surface area contributed by atoms with Crippen LogP contribution in [0.1, 0.15) is 23.1 Å². The topological polar surface area (TPSA) is 75.7 Å². The van der Waals surface area contributed by atoms with Crippen molar-refractivity contribution in [2.45, 2.75) is 27.2 Å². The SMILES string of the molecule is Cc1ccc(NC(=O)COC(=O)[C@H]2CC(=O)N(c3ccc(C)c(Cl)c3)C2)c(C)c1. The molecule has 0 spiro atoms. The van der Waals surface area contributed by atoms with Crippen LogP contribution in [0.25, 0.3) is 0 Å². The molecule has 1 aliphatic rings. The number of nitrogens with zero attached hydrogens (tertiary/aromatic N) is 1. The largest absolute Gasteiger partial charge is 0.455 e. The summed E-state index contributed by atoms with van der Waals surface area (Å²) in [4.78, 5) is 38.3. The van der Waals surface area contributed by atoms with Crippen molar-refractivity contribution >= 4 is 40.8 Å². The first-order valence-electron chi connectivity index (χ1n) is 9.35. The molecule has 1 fully saturated rings. The van der Waals surface area contributed by atoms with Gasteiger partial charge in [0.05, 0.1) is 5.92 Å². The zero-order chi connectivity index (χ0) is 21.1. The summed E-state index contributed by atoms with van der Waals surface area (Å²) in [6.07, 6.45) is 0.0447. The maximum absolute atomic E-state index is 12.4. The molecule has 1 atom stereocenters. The molecule has 0 unspecified atom stereocenters. The lowest BCUT2D eigenvalue weighted by molar-refractivity contribution is -0.151. The van der Waals surface area contributed by atoms with Crippen molar-refractivity contribution in [3.63, 3.8) is 0 Å². The molecule has 1 heterocycles. The second-order valence-electron chi connectivity index (χ2n) is 7.31. The number of anilines is 2. The molecular formula is C22H23ClN2O4. The number of hydrogen-bond donors (Lipinski definition) is 1. The van der Waals surface area contributed by atoms with Crippen molar-refractivity contribution in [3.8, 4) is 0 Å². The van der Waals surface area contributed by atoms with E-state index in [1.807, 2.05) is 45.0 Å². The van der Waals surface area contributed by atoms with E-state index in [1.54, 1.807) is 12.1 Å². The van der Waals surface area contributed by atoms with Crippen LogP contribution in [0.5, 0.6) is 0 Å². The number of ether oxygens (including phenoxy) is 1. The lowest BCUT2D eigenvalue weighted by atomic mass is 10.1. The second-order valence-corrected chi connectivity index (χ2v) is 7.72. The van der Waals surface area contributed by atoms with Gasteiger partial charge in [0.15, 0.2) is 6.61 Å². The number of carbonyl (C=O) groups is 3. The van der Waals surface area contributed by atoms with Gasteiger partial charge in [0.25, 0.3) is 5.91 Å². The molecule has 0 bridgehead atoms. The summed E-state index contributed by atoms with van der Waals surface area (Å²) in [6, 6.07) is 11.0. The van der Waals surface area contributed by atoms with E-state index >= 15 is 0 Å². The van der Waals surface area contributed by atoms with Crippen molar-refractivity contribution in [3.05, 3.63) is 58.1 Å². The van der Waals surface area contributed by atoms with Gasteiger partial charge in [0.1, 0.15) is 0 Å². The maximum Gasteiger partial charge on any atom is 0.311 e. The van der Waals surface area contributed by atoms with Crippen LogP contribution < -0.4 is 10.2 Å².